The summed E-state index contributed by atoms with van der Waals surface area (Å²) in [5.41, 5.74) is -5.90. The fourth-order valence-corrected chi connectivity index (χ4v) is 2.28. The van der Waals surface area contributed by atoms with Crippen LogP contribution in [0.5, 0.6) is 0 Å². The zero-order valence-electron chi connectivity index (χ0n) is 11.9. The van der Waals surface area contributed by atoms with Crippen molar-refractivity contribution in [3.8, 4) is 0 Å². The normalized spacial score (nSPS) is 17.4. The van der Waals surface area contributed by atoms with Gasteiger partial charge in [0.2, 0.25) is 0 Å². The Morgan fingerprint density at radius 1 is 1.45 bits per heavy atom. The molecule has 1 aliphatic rings. The molecule has 0 aromatic rings. The molecule has 0 amide bonds. The molecule has 0 unspecified atom stereocenters. The van der Waals surface area contributed by atoms with Gasteiger partial charge in [0.15, 0.2) is 0 Å². The summed E-state index contributed by atoms with van der Waals surface area (Å²) in [5, 5.41) is 9.44. The quantitative estimate of drug-likeness (QED) is 0.335. The molecule has 1 rings (SSSR count). The number of alkyl halides is 3. The molecule has 1 heterocycles. The zero-order chi connectivity index (χ0) is 17.1. The van der Waals surface area contributed by atoms with E-state index >= 15 is 0 Å². The second-order valence-electron chi connectivity index (χ2n) is 4.46. The monoisotopic (exact) mass is 345 g/mol. The van der Waals surface area contributed by atoms with Gasteiger partial charge in [-0.3, -0.25) is 0 Å². The van der Waals surface area contributed by atoms with E-state index in [0.717, 1.165) is 0 Å². The fourth-order valence-electron chi connectivity index (χ4n) is 1.76. The van der Waals surface area contributed by atoms with Crippen molar-refractivity contribution >= 4 is 23.1 Å². The standard InChI is InChI=1S/C10H15BF3NO6S/c1-3-20-9(16)7-4-5-15(11(2)17)6-8(7)21-22(18,19)10(12,13)14/h17H,3-6H2,1-2H3. The number of hydrogen-bond donors (Lipinski definition) is 1. The molecule has 1 N–H and O–H groups in total. The van der Waals surface area contributed by atoms with Crippen molar-refractivity contribution in [1.82, 2.24) is 4.81 Å². The molecule has 1 aliphatic heterocycles. The molecule has 7 nitrogen and oxygen atoms in total. The van der Waals surface area contributed by atoms with Crippen LogP contribution < -0.4 is 0 Å². The molecule has 12 heteroatoms. The molecule has 0 atom stereocenters. The van der Waals surface area contributed by atoms with E-state index in [0.29, 0.717) is 0 Å². The molecular formula is C10H15BF3NO6S. The van der Waals surface area contributed by atoms with Gasteiger partial charge in [0, 0.05) is 0 Å². The SMILES string of the molecule is CCOC(=O)C1=C(OS(=O)(=O)C(F)(F)F)CN(B(C)O)CC1. The maximum Gasteiger partial charge on any atom is 0.534 e. The summed E-state index contributed by atoms with van der Waals surface area (Å²) in [4.78, 5) is 13.0. The fraction of sp³-hybridized carbons (Fsp3) is 0.700. The first kappa shape index (κ1) is 18.8. The van der Waals surface area contributed by atoms with Gasteiger partial charge in [0.05, 0.1) is 18.7 Å². The van der Waals surface area contributed by atoms with Crippen LogP contribution in [0.4, 0.5) is 13.2 Å². The molecule has 0 saturated carbocycles. The molecule has 0 bridgehead atoms. The Morgan fingerprint density at radius 3 is 2.50 bits per heavy atom. The summed E-state index contributed by atoms with van der Waals surface area (Å²) in [5.74, 6) is -1.64. The van der Waals surface area contributed by atoms with Crippen molar-refractivity contribution < 1.29 is 40.3 Å². The van der Waals surface area contributed by atoms with Crippen LogP contribution in [0.1, 0.15) is 13.3 Å². The summed E-state index contributed by atoms with van der Waals surface area (Å²) in [7, 11) is -6.95. The lowest BCUT2D eigenvalue weighted by molar-refractivity contribution is -0.139. The number of hydrogen-bond acceptors (Lipinski definition) is 7. The lowest BCUT2D eigenvalue weighted by atomic mass is 9.83. The molecule has 0 spiro atoms. The van der Waals surface area contributed by atoms with Crippen LogP contribution in [0, 0.1) is 0 Å². The minimum Gasteiger partial charge on any atom is -0.463 e. The minimum atomic E-state index is -5.90. The van der Waals surface area contributed by atoms with Gasteiger partial charge in [0.25, 0.3) is 0 Å². The maximum absolute atomic E-state index is 12.4. The topological polar surface area (TPSA) is 93.1 Å². The van der Waals surface area contributed by atoms with E-state index in [2.05, 4.69) is 8.92 Å². The maximum atomic E-state index is 12.4. The molecule has 0 aromatic heterocycles. The number of esters is 1. The van der Waals surface area contributed by atoms with Crippen LogP contribution in [-0.4, -0.2) is 56.5 Å². The van der Waals surface area contributed by atoms with E-state index < -0.39 is 41.0 Å². The summed E-state index contributed by atoms with van der Waals surface area (Å²) in [6, 6.07) is 0. The van der Waals surface area contributed by atoms with Crippen molar-refractivity contribution in [2.75, 3.05) is 19.7 Å². The largest absolute Gasteiger partial charge is 0.534 e. The van der Waals surface area contributed by atoms with E-state index in [1.807, 2.05) is 0 Å². The van der Waals surface area contributed by atoms with Crippen LogP contribution >= 0.6 is 0 Å². The average Bonchev–Trinajstić information content (AvgIpc) is 2.36. The van der Waals surface area contributed by atoms with Crippen LogP contribution in [0.25, 0.3) is 0 Å². The lowest BCUT2D eigenvalue weighted by Gasteiger charge is -2.30. The molecule has 0 aliphatic carbocycles. The Morgan fingerprint density at radius 2 is 2.05 bits per heavy atom. The van der Waals surface area contributed by atoms with Gasteiger partial charge in [-0.1, -0.05) is 0 Å². The van der Waals surface area contributed by atoms with Crippen molar-refractivity contribution in [2.45, 2.75) is 25.7 Å². The third kappa shape index (κ3) is 4.37. The van der Waals surface area contributed by atoms with Gasteiger partial charge in [-0.2, -0.15) is 21.6 Å². The summed E-state index contributed by atoms with van der Waals surface area (Å²) in [6.07, 6.45) is -0.105. The first-order valence-corrected chi connectivity index (χ1v) is 7.72. The Balaban J connectivity index is 3.15. The third-order valence-electron chi connectivity index (χ3n) is 2.88. The predicted octanol–water partition coefficient (Wildman–Crippen LogP) is 0.486. The molecule has 0 aromatic carbocycles. The van der Waals surface area contributed by atoms with Crippen molar-refractivity contribution in [2.24, 2.45) is 0 Å². The Kier molecular flexibility index (Phi) is 5.87. The molecule has 126 valence electrons. The summed E-state index contributed by atoms with van der Waals surface area (Å²) in [6.45, 7) is 2.51. The Labute approximate surface area is 125 Å². The lowest BCUT2D eigenvalue weighted by Crippen LogP contribution is -2.44. The molecular weight excluding hydrogens is 330 g/mol. The first-order valence-electron chi connectivity index (χ1n) is 6.31. The van der Waals surface area contributed by atoms with Gasteiger partial charge in [0.1, 0.15) is 5.76 Å². The van der Waals surface area contributed by atoms with Crippen LogP contribution in [-0.2, 0) is 23.8 Å². The first-order chi connectivity index (χ1) is 9.99. The van der Waals surface area contributed by atoms with Crippen LogP contribution in [0.2, 0.25) is 6.82 Å². The highest BCUT2D eigenvalue weighted by molar-refractivity contribution is 7.87. The molecule has 22 heavy (non-hydrogen) atoms. The molecule has 0 saturated heterocycles. The van der Waals surface area contributed by atoms with Crippen molar-refractivity contribution in [3.05, 3.63) is 11.3 Å². The van der Waals surface area contributed by atoms with Crippen molar-refractivity contribution in [3.63, 3.8) is 0 Å². The number of ether oxygens (including phenoxy) is 1. The third-order valence-corrected chi connectivity index (χ3v) is 3.86. The zero-order valence-corrected chi connectivity index (χ0v) is 12.7. The highest BCUT2D eigenvalue weighted by Crippen LogP contribution is 2.30. The number of halogens is 3. The molecule has 0 radical (unpaired) electrons. The molecule has 0 fully saturated rings. The Hall–Kier alpha value is -1.27. The van der Waals surface area contributed by atoms with E-state index in [9.17, 15) is 31.4 Å². The predicted molar refractivity (Wildman–Crippen MR) is 69.7 cm³/mol. The summed E-state index contributed by atoms with van der Waals surface area (Å²) >= 11 is 0. The van der Waals surface area contributed by atoms with E-state index in [-0.39, 0.29) is 25.1 Å². The van der Waals surface area contributed by atoms with Crippen LogP contribution in [0.15, 0.2) is 11.3 Å². The average molecular weight is 345 g/mol. The van der Waals surface area contributed by atoms with Crippen molar-refractivity contribution in [1.29, 1.82) is 0 Å². The van der Waals surface area contributed by atoms with Gasteiger partial charge in [-0.15, -0.1) is 0 Å². The minimum absolute atomic E-state index is 0.0260. The number of nitrogens with zero attached hydrogens (tertiary/aromatic N) is 1. The smallest absolute Gasteiger partial charge is 0.463 e. The Bertz CT molecular complexity index is 559. The number of carbonyl (C=O) groups excluding carboxylic acids is 1. The second-order valence-corrected chi connectivity index (χ2v) is 6.00. The van der Waals surface area contributed by atoms with E-state index in [1.165, 1.54) is 18.6 Å². The number of carbonyl (C=O) groups is 1. The second kappa shape index (κ2) is 6.88. The van der Waals surface area contributed by atoms with Gasteiger partial charge < -0.3 is 18.8 Å². The highest BCUT2D eigenvalue weighted by Gasteiger charge is 2.49. The number of rotatable bonds is 5. The van der Waals surface area contributed by atoms with E-state index in [4.69, 9.17) is 0 Å². The van der Waals surface area contributed by atoms with Gasteiger partial charge >= 0.3 is 28.6 Å². The van der Waals surface area contributed by atoms with Crippen LogP contribution in [0.3, 0.4) is 0 Å². The summed E-state index contributed by atoms with van der Waals surface area (Å²) < 4.78 is 68.2. The van der Waals surface area contributed by atoms with E-state index in [1.54, 1.807) is 0 Å². The highest BCUT2D eigenvalue weighted by atomic mass is 32.2. The van der Waals surface area contributed by atoms with Gasteiger partial charge in [-0.05, 0) is 26.7 Å². The van der Waals surface area contributed by atoms with Gasteiger partial charge in [-0.25, -0.2) is 4.79 Å².